The molecule has 1 aromatic heterocycles. The molecule has 152 valence electrons. The van der Waals surface area contributed by atoms with E-state index in [1.54, 1.807) is 44.6 Å². The monoisotopic (exact) mass is 421 g/mol. The number of aliphatic imine (C=N–C) groups is 1. The second kappa shape index (κ2) is 8.93. The minimum absolute atomic E-state index is 0.325. The Kier molecular flexibility index (Phi) is 6.58. The maximum Gasteiger partial charge on any atom is 0.242 e. The zero-order valence-corrected chi connectivity index (χ0v) is 18.1. The largest absolute Gasteiger partial charge is 0.360 e. The first-order chi connectivity index (χ1) is 13.4. The predicted molar refractivity (Wildman–Crippen MR) is 116 cm³/mol. The lowest BCUT2D eigenvalue weighted by Gasteiger charge is -2.37. The van der Waals surface area contributed by atoms with Gasteiger partial charge in [-0.15, -0.1) is 11.3 Å². The van der Waals surface area contributed by atoms with Crippen molar-refractivity contribution in [2.24, 2.45) is 4.99 Å². The van der Waals surface area contributed by atoms with Gasteiger partial charge in [0.15, 0.2) is 5.96 Å². The molecule has 1 aromatic carbocycles. The molecule has 0 amide bonds. The number of guanidine groups is 1. The van der Waals surface area contributed by atoms with E-state index in [1.165, 1.54) is 9.31 Å². The number of rotatable bonds is 5. The molecular formula is C19H27N5O2S2. The zero-order chi connectivity index (χ0) is 20.1. The third-order valence-corrected chi connectivity index (χ3v) is 7.62. The van der Waals surface area contributed by atoms with E-state index in [4.69, 9.17) is 0 Å². The van der Waals surface area contributed by atoms with Crippen LogP contribution >= 0.6 is 11.3 Å². The van der Waals surface area contributed by atoms with Crippen molar-refractivity contribution in [3.8, 4) is 0 Å². The molecule has 2 aromatic rings. The van der Waals surface area contributed by atoms with Gasteiger partial charge < -0.3 is 15.1 Å². The molecule has 1 fully saturated rings. The van der Waals surface area contributed by atoms with Gasteiger partial charge in [0.25, 0.3) is 0 Å². The van der Waals surface area contributed by atoms with Crippen LogP contribution in [0.1, 0.15) is 5.56 Å². The molecule has 7 nitrogen and oxygen atoms in total. The van der Waals surface area contributed by atoms with E-state index >= 15 is 0 Å². The fraction of sp³-hybridized carbons (Fsp3) is 0.421. The first-order valence-electron chi connectivity index (χ1n) is 9.18. The van der Waals surface area contributed by atoms with E-state index in [9.17, 15) is 8.42 Å². The summed E-state index contributed by atoms with van der Waals surface area (Å²) in [6.45, 7) is 4.02. The first kappa shape index (κ1) is 20.6. The van der Waals surface area contributed by atoms with Crippen molar-refractivity contribution in [2.75, 3.05) is 52.2 Å². The summed E-state index contributed by atoms with van der Waals surface area (Å²) in [6, 6.07) is 11.3. The minimum atomic E-state index is -3.49. The van der Waals surface area contributed by atoms with Gasteiger partial charge in [-0.25, -0.2) is 12.7 Å². The summed E-state index contributed by atoms with van der Waals surface area (Å²) in [6.07, 6.45) is 0. The summed E-state index contributed by atoms with van der Waals surface area (Å²) < 4.78 is 26.4. The number of thiophene rings is 1. The molecule has 1 aliphatic heterocycles. The molecule has 9 heteroatoms. The fourth-order valence-corrected chi connectivity index (χ4v) is 5.09. The van der Waals surface area contributed by atoms with Gasteiger partial charge >= 0.3 is 0 Å². The van der Waals surface area contributed by atoms with Crippen molar-refractivity contribution < 1.29 is 8.42 Å². The second-order valence-corrected chi connectivity index (χ2v) is 9.77. The SMILES string of the molecule is CN=C(NCc1ccccc1S(=O)(=O)N(C)C)N1CCN(c2cccs2)CC1. The summed E-state index contributed by atoms with van der Waals surface area (Å²) >= 11 is 1.76. The van der Waals surface area contributed by atoms with Crippen molar-refractivity contribution in [1.82, 2.24) is 14.5 Å². The molecule has 28 heavy (non-hydrogen) atoms. The van der Waals surface area contributed by atoms with Crippen LogP contribution in [-0.4, -0.2) is 70.9 Å². The Hall–Kier alpha value is -2.10. The van der Waals surface area contributed by atoms with Crippen molar-refractivity contribution in [1.29, 1.82) is 0 Å². The summed E-state index contributed by atoms with van der Waals surface area (Å²) in [4.78, 5) is 9.32. The van der Waals surface area contributed by atoms with Gasteiger partial charge in [-0.3, -0.25) is 4.99 Å². The van der Waals surface area contributed by atoms with E-state index in [1.807, 2.05) is 12.1 Å². The van der Waals surface area contributed by atoms with Gasteiger partial charge in [-0.1, -0.05) is 18.2 Å². The highest BCUT2D eigenvalue weighted by Gasteiger charge is 2.23. The number of sulfonamides is 1. The maximum absolute atomic E-state index is 12.6. The molecule has 0 radical (unpaired) electrons. The van der Waals surface area contributed by atoms with Gasteiger partial charge in [-0.2, -0.15) is 0 Å². The third kappa shape index (κ3) is 4.48. The van der Waals surface area contributed by atoms with E-state index in [-0.39, 0.29) is 0 Å². The number of benzene rings is 1. The van der Waals surface area contributed by atoms with E-state index in [2.05, 4.69) is 37.6 Å². The highest BCUT2D eigenvalue weighted by Crippen LogP contribution is 2.22. The third-order valence-electron chi connectivity index (χ3n) is 4.78. The Morgan fingerprint density at radius 2 is 1.86 bits per heavy atom. The summed E-state index contributed by atoms with van der Waals surface area (Å²) in [7, 11) is 1.37. The Labute approximate surface area is 171 Å². The number of piperazine rings is 1. The molecule has 1 aliphatic rings. The quantitative estimate of drug-likeness (QED) is 0.590. The molecule has 3 rings (SSSR count). The van der Waals surface area contributed by atoms with Gasteiger partial charge in [0.1, 0.15) is 0 Å². The average Bonchev–Trinajstić information content (AvgIpc) is 3.24. The van der Waals surface area contributed by atoms with Crippen LogP contribution in [0.4, 0.5) is 5.00 Å². The van der Waals surface area contributed by atoms with Crippen LogP contribution in [0.25, 0.3) is 0 Å². The highest BCUT2D eigenvalue weighted by atomic mass is 32.2. The van der Waals surface area contributed by atoms with Crippen molar-refractivity contribution in [3.63, 3.8) is 0 Å². The average molecular weight is 422 g/mol. The normalized spacial score (nSPS) is 15.9. The van der Waals surface area contributed by atoms with Crippen molar-refractivity contribution in [3.05, 3.63) is 47.3 Å². The molecule has 0 saturated carbocycles. The molecule has 0 spiro atoms. The van der Waals surface area contributed by atoms with Crippen LogP contribution in [0.15, 0.2) is 51.7 Å². The standard InChI is InChI=1S/C19H27N5O2S2/c1-20-19(24-12-10-23(11-13-24)18-9-6-14-27-18)21-15-16-7-4-5-8-17(16)28(25,26)22(2)3/h4-9,14H,10-13,15H2,1-3H3,(H,20,21). The van der Waals surface area contributed by atoms with Crippen LogP contribution in [0.3, 0.4) is 0 Å². The second-order valence-electron chi connectivity index (χ2n) is 6.72. The molecule has 2 heterocycles. The van der Waals surface area contributed by atoms with E-state index < -0.39 is 10.0 Å². The van der Waals surface area contributed by atoms with Gasteiger partial charge in [-0.05, 0) is 29.1 Å². The van der Waals surface area contributed by atoms with E-state index in [0.717, 1.165) is 37.7 Å². The summed E-state index contributed by atoms with van der Waals surface area (Å²) in [5.74, 6) is 0.794. The maximum atomic E-state index is 12.6. The van der Waals surface area contributed by atoms with Crippen LogP contribution in [0, 0.1) is 0 Å². The van der Waals surface area contributed by atoms with Crippen LogP contribution in [0.2, 0.25) is 0 Å². The molecule has 0 bridgehead atoms. The van der Waals surface area contributed by atoms with Crippen LogP contribution < -0.4 is 10.2 Å². The fourth-order valence-electron chi connectivity index (χ4n) is 3.19. The Morgan fingerprint density at radius 3 is 2.46 bits per heavy atom. The lowest BCUT2D eigenvalue weighted by Crippen LogP contribution is -2.52. The summed E-state index contributed by atoms with van der Waals surface area (Å²) in [5, 5.41) is 6.73. The number of hydrogen-bond donors (Lipinski definition) is 1. The van der Waals surface area contributed by atoms with Gasteiger partial charge in [0.2, 0.25) is 10.0 Å². The smallest absolute Gasteiger partial charge is 0.242 e. The Bertz CT molecular complexity index is 902. The van der Waals surface area contributed by atoms with Gasteiger partial charge in [0.05, 0.1) is 9.90 Å². The number of nitrogens with one attached hydrogen (secondary N) is 1. The van der Waals surface area contributed by atoms with Gasteiger partial charge in [0, 0.05) is 53.9 Å². The molecule has 0 unspecified atom stereocenters. The van der Waals surface area contributed by atoms with Crippen LogP contribution in [-0.2, 0) is 16.6 Å². The minimum Gasteiger partial charge on any atom is -0.360 e. The Morgan fingerprint density at radius 1 is 1.14 bits per heavy atom. The van der Waals surface area contributed by atoms with E-state index in [0.29, 0.717) is 11.4 Å². The summed E-state index contributed by atoms with van der Waals surface area (Å²) in [5.41, 5.74) is 0.731. The van der Waals surface area contributed by atoms with Crippen molar-refractivity contribution >= 4 is 32.3 Å². The molecule has 1 N–H and O–H groups in total. The predicted octanol–water partition coefficient (Wildman–Crippen LogP) is 1.90. The number of anilines is 1. The molecular weight excluding hydrogens is 394 g/mol. The molecule has 1 saturated heterocycles. The Balaban J connectivity index is 1.65. The lowest BCUT2D eigenvalue weighted by atomic mass is 10.2. The number of hydrogen-bond acceptors (Lipinski definition) is 5. The van der Waals surface area contributed by atoms with Crippen molar-refractivity contribution in [2.45, 2.75) is 11.4 Å². The molecule has 0 atom stereocenters. The first-order valence-corrected chi connectivity index (χ1v) is 11.5. The lowest BCUT2D eigenvalue weighted by molar-refractivity contribution is 0.373. The topological polar surface area (TPSA) is 68.2 Å². The highest BCUT2D eigenvalue weighted by molar-refractivity contribution is 7.89. The number of nitrogens with zero attached hydrogens (tertiary/aromatic N) is 4. The van der Waals surface area contributed by atoms with Crippen LogP contribution in [0.5, 0.6) is 0 Å². The zero-order valence-electron chi connectivity index (χ0n) is 16.5. The molecule has 0 aliphatic carbocycles.